The first-order valence-electron chi connectivity index (χ1n) is 9.89. The molecule has 0 spiro atoms. The minimum Gasteiger partial charge on any atom is -0.497 e. The number of rotatable bonds is 5. The smallest absolute Gasteiger partial charge is 0.227 e. The van der Waals surface area contributed by atoms with Crippen LogP contribution in [0, 0.1) is 5.92 Å². The first kappa shape index (κ1) is 19.5. The Bertz CT molecular complexity index is 691. The fraction of sp³-hybridized carbons (Fsp3) is 0.619. The molecule has 148 valence electrons. The summed E-state index contributed by atoms with van der Waals surface area (Å²) in [6.45, 7) is 3.94. The van der Waals surface area contributed by atoms with E-state index in [1.807, 2.05) is 34.9 Å². The second kappa shape index (κ2) is 8.63. The van der Waals surface area contributed by atoms with Crippen molar-refractivity contribution in [1.29, 1.82) is 0 Å². The largest absolute Gasteiger partial charge is 0.497 e. The Morgan fingerprint density at radius 1 is 1.11 bits per heavy atom. The molecule has 2 saturated heterocycles. The van der Waals surface area contributed by atoms with Crippen molar-refractivity contribution in [2.24, 2.45) is 5.92 Å². The lowest BCUT2D eigenvalue weighted by Gasteiger charge is -2.36. The lowest BCUT2D eigenvalue weighted by molar-refractivity contribution is -0.141. The van der Waals surface area contributed by atoms with Crippen LogP contribution in [0.5, 0.6) is 11.5 Å². The highest BCUT2D eigenvalue weighted by molar-refractivity contribution is 5.82. The van der Waals surface area contributed by atoms with Gasteiger partial charge in [-0.05, 0) is 43.9 Å². The van der Waals surface area contributed by atoms with Crippen LogP contribution in [0.4, 0.5) is 0 Å². The van der Waals surface area contributed by atoms with Gasteiger partial charge in [-0.3, -0.25) is 9.59 Å². The first-order chi connectivity index (χ1) is 13.1. The van der Waals surface area contributed by atoms with Crippen molar-refractivity contribution < 1.29 is 19.1 Å². The van der Waals surface area contributed by atoms with Crippen molar-refractivity contribution >= 4 is 11.8 Å². The number of carbonyl (C=O) groups is 2. The molecule has 0 aromatic heterocycles. The van der Waals surface area contributed by atoms with Gasteiger partial charge in [-0.25, -0.2) is 0 Å². The van der Waals surface area contributed by atoms with Gasteiger partial charge in [-0.1, -0.05) is 6.92 Å². The molecule has 2 fully saturated rings. The monoisotopic (exact) mass is 374 g/mol. The highest BCUT2D eigenvalue weighted by Crippen LogP contribution is 2.40. The van der Waals surface area contributed by atoms with Crippen LogP contribution in [-0.2, 0) is 9.59 Å². The van der Waals surface area contributed by atoms with E-state index < -0.39 is 0 Å². The summed E-state index contributed by atoms with van der Waals surface area (Å²) < 4.78 is 10.9. The lowest BCUT2D eigenvalue weighted by Crippen LogP contribution is -2.46. The van der Waals surface area contributed by atoms with Gasteiger partial charge in [0, 0.05) is 31.6 Å². The molecule has 0 saturated carbocycles. The Hall–Kier alpha value is -2.24. The van der Waals surface area contributed by atoms with Crippen molar-refractivity contribution in [3.05, 3.63) is 23.8 Å². The van der Waals surface area contributed by atoms with Gasteiger partial charge in [-0.2, -0.15) is 0 Å². The van der Waals surface area contributed by atoms with E-state index in [1.54, 1.807) is 14.2 Å². The molecule has 0 aliphatic carbocycles. The van der Waals surface area contributed by atoms with E-state index in [0.717, 1.165) is 55.8 Å². The Morgan fingerprint density at radius 3 is 2.59 bits per heavy atom. The second-order valence-corrected chi connectivity index (χ2v) is 7.33. The van der Waals surface area contributed by atoms with Crippen molar-refractivity contribution in [3.63, 3.8) is 0 Å². The molecule has 0 N–H and O–H groups in total. The Labute approximate surface area is 161 Å². The van der Waals surface area contributed by atoms with Gasteiger partial charge in [0.1, 0.15) is 11.5 Å². The number of nitrogens with zero attached hydrogens (tertiary/aromatic N) is 2. The van der Waals surface area contributed by atoms with Gasteiger partial charge < -0.3 is 19.3 Å². The molecule has 2 amide bonds. The number of hydrogen-bond donors (Lipinski definition) is 0. The molecule has 2 atom stereocenters. The SMILES string of the molecule is CCC(=O)N1CCCC(C(=O)N2CCCC2c2cc(OC)ccc2OC)C1. The van der Waals surface area contributed by atoms with Gasteiger partial charge in [0.25, 0.3) is 0 Å². The number of carbonyl (C=O) groups excluding carboxylic acids is 2. The second-order valence-electron chi connectivity index (χ2n) is 7.33. The zero-order valence-electron chi connectivity index (χ0n) is 16.6. The molecule has 0 radical (unpaired) electrons. The van der Waals surface area contributed by atoms with E-state index in [-0.39, 0.29) is 23.8 Å². The minimum absolute atomic E-state index is 0.000182. The lowest BCUT2D eigenvalue weighted by atomic mass is 9.95. The summed E-state index contributed by atoms with van der Waals surface area (Å²) >= 11 is 0. The predicted octanol–water partition coefficient (Wildman–Crippen LogP) is 3.02. The average molecular weight is 374 g/mol. The zero-order chi connectivity index (χ0) is 19.4. The molecule has 6 heteroatoms. The third-order valence-electron chi connectivity index (χ3n) is 5.76. The molecule has 2 aliphatic heterocycles. The minimum atomic E-state index is -0.105. The van der Waals surface area contributed by atoms with Crippen molar-refractivity contribution in [3.8, 4) is 11.5 Å². The number of amides is 2. The molecule has 1 aromatic rings. The molecule has 2 heterocycles. The van der Waals surface area contributed by atoms with Gasteiger partial charge in [0.15, 0.2) is 0 Å². The van der Waals surface area contributed by atoms with Crippen LogP contribution in [0.25, 0.3) is 0 Å². The molecule has 3 rings (SSSR count). The summed E-state index contributed by atoms with van der Waals surface area (Å²) in [6.07, 6.45) is 4.13. The normalized spacial score (nSPS) is 22.6. The van der Waals surface area contributed by atoms with Gasteiger partial charge >= 0.3 is 0 Å². The highest BCUT2D eigenvalue weighted by Gasteiger charge is 2.37. The number of likely N-dealkylation sites (tertiary alicyclic amines) is 2. The van der Waals surface area contributed by atoms with Gasteiger partial charge in [0.05, 0.1) is 26.2 Å². The number of benzene rings is 1. The number of hydrogen-bond acceptors (Lipinski definition) is 4. The fourth-order valence-electron chi connectivity index (χ4n) is 4.32. The van der Waals surface area contributed by atoms with E-state index in [9.17, 15) is 9.59 Å². The zero-order valence-corrected chi connectivity index (χ0v) is 16.6. The van der Waals surface area contributed by atoms with Crippen LogP contribution in [-0.4, -0.2) is 55.5 Å². The van der Waals surface area contributed by atoms with E-state index in [1.165, 1.54) is 0 Å². The summed E-state index contributed by atoms with van der Waals surface area (Å²) in [4.78, 5) is 29.2. The molecule has 2 aliphatic rings. The summed E-state index contributed by atoms with van der Waals surface area (Å²) in [7, 11) is 3.30. The van der Waals surface area contributed by atoms with Crippen LogP contribution in [0.2, 0.25) is 0 Å². The van der Waals surface area contributed by atoms with Gasteiger partial charge in [-0.15, -0.1) is 0 Å². The molecule has 0 bridgehead atoms. The van der Waals surface area contributed by atoms with Crippen LogP contribution in [0.1, 0.15) is 50.6 Å². The topological polar surface area (TPSA) is 59.1 Å². The van der Waals surface area contributed by atoms with Gasteiger partial charge in [0.2, 0.25) is 11.8 Å². The molecule has 1 aromatic carbocycles. The Balaban J connectivity index is 1.80. The van der Waals surface area contributed by atoms with E-state index in [2.05, 4.69) is 0 Å². The van der Waals surface area contributed by atoms with Crippen molar-refractivity contribution in [1.82, 2.24) is 9.80 Å². The third kappa shape index (κ3) is 4.04. The van der Waals surface area contributed by atoms with Crippen LogP contribution < -0.4 is 9.47 Å². The van der Waals surface area contributed by atoms with E-state index >= 15 is 0 Å². The average Bonchev–Trinajstić information content (AvgIpc) is 3.21. The molecular formula is C21H30N2O4. The maximum Gasteiger partial charge on any atom is 0.227 e. The van der Waals surface area contributed by atoms with Crippen LogP contribution in [0.15, 0.2) is 18.2 Å². The maximum absolute atomic E-state index is 13.3. The Kier molecular flexibility index (Phi) is 6.24. The summed E-state index contributed by atoms with van der Waals surface area (Å²) in [5, 5.41) is 0. The van der Waals surface area contributed by atoms with Crippen LogP contribution >= 0.6 is 0 Å². The molecule has 2 unspecified atom stereocenters. The van der Waals surface area contributed by atoms with E-state index in [0.29, 0.717) is 13.0 Å². The summed E-state index contributed by atoms with van der Waals surface area (Å²) in [6, 6.07) is 5.75. The first-order valence-corrected chi connectivity index (χ1v) is 9.89. The predicted molar refractivity (Wildman–Crippen MR) is 103 cm³/mol. The quantitative estimate of drug-likeness (QED) is 0.795. The number of methoxy groups -OCH3 is 2. The standard InChI is InChI=1S/C21H30N2O4/c1-4-20(24)22-11-5-7-15(14-22)21(25)23-12-6-8-18(23)17-13-16(26-2)9-10-19(17)27-3/h9-10,13,15,18H,4-8,11-12,14H2,1-3H3. The van der Waals surface area contributed by atoms with Crippen molar-refractivity contribution in [2.75, 3.05) is 33.9 Å². The summed E-state index contributed by atoms with van der Waals surface area (Å²) in [5.74, 6) is 1.75. The number of ether oxygens (including phenoxy) is 2. The molecular weight excluding hydrogens is 344 g/mol. The Morgan fingerprint density at radius 2 is 1.89 bits per heavy atom. The maximum atomic E-state index is 13.3. The van der Waals surface area contributed by atoms with E-state index in [4.69, 9.17) is 9.47 Å². The fourth-order valence-corrected chi connectivity index (χ4v) is 4.32. The summed E-state index contributed by atoms with van der Waals surface area (Å²) in [5.41, 5.74) is 1.00. The molecule has 6 nitrogen and oxygen atoms in total. The highest BCUT2D eigenvalue weighted by atomic mass is 16.5. The van der Waals surface area contributed by atoms with Crippen molar-refractivity contribution in [2.45, 2.75) is 45.1 Å². The molecule has 27 heavy (non-hydrogen) atoms. The third-order valence-corrected chi connectivity index (χ3v) is 5.76. The number of piperidine rings is 1. The van der Waals surface area contributed by atoms with Crippen LogP contribution in [0.3, 0.4) is 0 Å².